The molecule has 0 N–H and O–H groups in total. The molecule has 0 amide bonds. The van der Waals surface area contributed by atoms with Gasteiger partial charge >= 0.3 is 11.0 Å². The van der Waals surface area contributed by atoms with Gasteiger partial charge in [0.1, 0.15) is 6.20 Å². The first-order valence-corrected chi connectivity index (χ1v) is 4.24. The Balaban J connectivity index is 2.79. The summed E-state index contributed by atoms with van der Waals surface area (Å²) in [6, 6.07) is 0. The smallest absolute Gasteiger partial charge is 0.367 e. The van der Waals surface area contributed by atoms with E-state index in [0.717, 1.165) is 6.20 Å². The van der Waals surface area contributed by atoms with E-state index in [1.54, 1.807) is 6.92 Å². The minimum atomic E-state index is -0.624. The van der Waals surface area contributed by atoms with E-state index in [2.05, 4.69) is 9.72 Å². The van der Waals surface area contributed by atoms with Crippen molar-refractivity contribution in [3.63, 3.8) is 0 Å². The lowest BCUT2D eigenvalue weighted by Gasteiger charge is -1.94. The molecule has 0 aliphatic rings. The van der Waals surface area contributed by atoms with Crippen molar-refractivity contribution in [1.82, 2.24) is 4.98 Å². The van der Waals surface area contributed by atoms with Gasteiger partial charge in [0.25, 0.3) is 0 Å². The fourth-order valence-electron chi connectivity index (χ4n) is 0.637. The lowest BCUT2D eigenvalue weighted by atomic mass is 10.7. The highest BCUT2D eigenvalue weighted by atomic mass is 32.1. The summed E-state index contributed by atoms with van der Waals surface area (Å²) in [5, 5.41) is 10.1. The molecular weight excluding hydrogens is 196 g/mol. The second-order valence-corrected chi connectivity index (χ2v) is 2.99. The van der Waals surface area contributed by atoms with Gasteiger partial charge in [-0.15, -0.1) is 0 Å². The van der Waals surface area contributed by atoms with Crippen molar-refractivity contribution in [2.24, 2.45) is 0 Å². The van der Waals surface area contributed by atoms with Crippen molar-refractivity contribution >= 4 is 22.3 Å². The topological polar surface area (TPSA) is 82.3 Å². The van der Waals surface area contributed by atoms with E-state index in [1.165, 1.54) is 0 Å². The van der Waals surface area contributed by atoms with Crippen LogP contribution in [0.3, 0.4) is 0 Å². The molecule has 0 spiro atoms. The Morgan fingerprint density at radius 1 is 1.85 bits per heavy atom. The summed E-state index contributed by atoms with van der Waals surface area (Å²) < 4.78 is 4.61. The first-order chi connectivity index (χ1) is 6.15. The number of hydrogen-bond donors (Lipinski definition) is 0. The normalized spacial score (nSPS) is 9.62. The zero-order valence-electron chi connectivity index (χ0n) is 6.72. The van der Waals surface area contributed by atoms with Crippen LogP contribution in [0, 0.1) is 10.1 Å². The Labute approximate surface area is 77.3 Å². The van der Waals surface area contributed by atoms with Crippen molar-refractivity contribution < 1.29 is 14.5 Å². The molecule has 0 radical (unpaired) electrons. The van der Waals surface area contributed by atoms with Crippen LogP contribution in [0.15, 0.2) is 6.20 Å². The zero-order valence-corrected chi connectivity index (χ0v) is 7.54. The molecule has 0 bridgehead atoms. The molecule has 0 aliphatic heterocycles. The standard InChI is InChI=1S/C6H6N2O4S/c1-2-12-6(9)5-7-3-4(13-5)8(10)11/h3H,2H2,1H3. The van der Waals surface area contributed by atoms with Crippen LogP contribution >= 0.6 is 11.3 Å². The van der Waals surface area contributed by atoms with E-state index in [0.29, 0.717) is 11.3 Å². The lowest BCUT2D eigenvalue weighted by molar-refractivity contribution is -0.380. The molecule has 1 heterocycles. The molecule has 0 aromatic carbocycles. The molecule has 0 atom stereocenters. The quantitative estimate of drug-likeness (QED) is 0.418. The van der Waals surface area contributed by atoms with Crippen LogP contribution in [0.1, 0.15) is 16.7 Å². The third kappa shape index (κ3) is 2.22. The molecule has 1 rings (SSSR count). The first kappa shape index (κ1) is 9.59. The zero-order chi connectivity index (χ0) is 9.84. The maximum absolute atomic E-state index is 11.0. The van der Waals surface area contributed by atoms with Gasteiger partial charge in [-0.1, -0.05) is 0 Å². The Kier molecular flexibility index (Phi) is 2.91. The van der Waals surface area contributed by atoms with Crippen LogP contribution in [0.2, 0.25) is 0 Å². The number of nitrogens with zero attached hydrogens (tertiary/aromatic N) is 2. The summed E-state index contributed by atoms with van der Waals surface area (Å²) >= 11 is 0.704. The predicted molar refractivity (Wildman–Crippen MR) is 44.7 cm³/mol. The molecule has 7 heteroatoms. The molecule has 1 aromatic heterocycles. The maximum Gasteiger partial charge on any atom is 0.367 e. The number of esters is 1. The molecule has 0 saturated heterocycles. The average Bonchev–Trinajstić information content (AvgIpc) is 2.52. The van der Waals surface area contributed by atoms with E-state index in [4.69, 9.17) is 0 Å². The second-order valence-electron chi connectivity index (χ2n) is 1.98. The molecule has 6 nitrogen and oxygen atoms in total. The fraction of sp³-hybridized carbons (Fsp3) is 0.333. The van der Waals surface area contributed by atoms with Gasteiger partial charge in [0.2, 0.25) is 5.01 Å². The Hall–Kier alpha value is -1.50. The highest BCUT2D eigenvalue weighted by Crippen LogP contribution is 2.21. The van der Waals surface area contributed by atoms with Gasteiger partial charge in [0.05, 0.1) is 11.5 Å². The Bertz CT molecular complexity index is 335. The highest BCUT2D eigenvalue weighted by Gasteiger charge is 2.17. The van der Waals surface area contributed by atoms with Crippen molar-refractivity contribution in [2.75, 3.05) is 6.61 Å². The fourth-order valence-corrected chi connectivity index (χ4v) is 1.26. The van der Waals surface area contributed by atoms with Crippen LogP contribution in [-0.2, 0) is 4.74 Å². The summed E-state index contributed by atoms with van der Waals surface area (Å²) in [6.45, 7) is 1.88. The van der Waals surface area contributed by atoms with Crippen LogP contribution in [0.4, 0.5) is 5.00 Å². The second kappa shape index (κ2) is 3.94. The first-order valence-electron chi connectivity index (χ1n) is 3.42. The van der Waals surface area contributed by atoms with Gasteiger partial charge in [-0.3, -0.25) is 10.1 Å². The van der Waals surface area contributed by atoms with E-state index >= 15 is 0 Å². The Morgan fingerprint density at radius 2 is 2.54 bits per heavy atom. The lowest BCUT2D eigenvalue weighted by Crippen LogP contribution is -2.03. The van der Waals surface area contributed by atoms with Crippen LogP contribution in [0.5, 0.6) is 0 Å². The third-order valence-corrected chi connectivity index (χ3v) is 2.05. The summed E-state index contributed by atoms with van der Waals surface area (Å²) in [6.07, 6.45) is 1.04. The van der Waals surface area contributed by atoms with E-state index < -0.39 is 10.9 Å². The van der Waals surface area contributed by atoms with Gasteiger partial charge in [-0.25, -0.2) is 9.78 Å². The van der Waals surface area contributed by atoms with Gasteiger partial charge in [-0.2, -0.15) is 0 Å². The molecular formula is C6H6N2O4S. The average molecular weight is 202 g/mol. The molecule has 1 aromatic rings. The van der Waals surface area contributed by atoms with E-state index in [1.807, 2.05) is 0 Å². The summed E-state index contributed by atoms with van der Waals surface area (Å²) in [5.41, 5.74) is 0. The van der Waals surface area contributed by atoms with Crippen LogP contribution in [-0.4, -0.2) is 22.5 Å². The molecule has 0 aliphatic carbocycles. The van der Waals surface area contributed by atoms with E-state index in [9.17, 15) is 14.9 Å². The molecule has 13 heavy (non-hydrogen) atoms. The largest absolute Gasteiger partial charge is 0.461 e. The van der Waals surface area contributed by atoms with Crippen LogP contribution in [0.25, 0.3) is 0 Å². The number of hydrogen-bond acceptors (Lipinski definition) is 6. The number of ether oxygens (including phenoxy) is 1. The number of aromatic nitrogens is 1. The van der Waals surface area contributed by atoms with Gasteiger partial charge in [0, 0.05) is 0 Å². The number of carbonyl (C=O) groups excluding carboxylic acids is 1. The van der Waals surface area contributed by atoms with Crippen molar-refractivity contribution in [2.45, 2.75) is 6.92 Å². The van der Waals surface area contributed by atoms with Crippen molar-refractivity contribution in [3.05, 3.63) is 21.3 Å². The SMILES string of the molecule is CCOC(=O)c1ncc([N+](=O)[O-])s1. The maximum atomic E-state index is 11.0. The van der Waals surface area contributed by atoms with Crippen molar-refractivity contribution in [3.8, 4) is 0 Å². The van der Waals surface area contributed by atoms with Gasteiger partial charge < -0.3 is 4.74 Å². The minimum Gasteiger partial charge on any atom is -0.461 e. The van der Waals surface area contributed by atoms with E-state index in [-0.39, 0.29) is 16.6 Å². The highest BCUT2D eigenvalue weighted by molar-refractivity contribution is 7.16. The predicted octanol–water partition coefficient (Wildman–Crippen LogP) is 1.23. The van der Waals surface area contributed by atoms with Crippen LogP contribution < -0.4 is 0 Å². The molecule has 70 valence electrons. The number of thiazole rings is 1. The third-order valence-electron chi connectivity index (χ3n) is 1.12. The van der Waals surface area contributed by atoms with Gasteiger partial charge in [-0.05, 0) is 18.3 Å². The monoisotopic (exact) mass is 202 g/mol. The minimum absolute atomic E-state index is 0.00792. The number of nitro groups is 1. The molecule has 0 saturated carbocycles. The Morgan fingerprint density at radius 3 is 3.00 bits per heavy atom. The van der Waals surface area contributed by atoms with Gasteiger partial charge in [0.15, 0.2) is 0 Å². The number of rotatable bonds is 3. The molecule has 0 fully saturated rings. The summed E-state index contributed by atoms with van der Waals surface area (Å²) in [5.74, 6) is -0.624. The van der Waals surface area contributed by atoms with Crippen molar-refractivity contribution in [1.29, 1.82) is 0 Å². The summed E-state index contributed by atoms with van der Waals surface area (Å²) in [4.78, 5) is 24.2. The summed E-state index contributed by atoms with van der Waals surface area (Å²) in [7, 11) is 0. The number of carbonyl (C=O) groups is 1. The molecule has 0 unspecified atom stereocenters.